The first kappa shape index (κ1) is 8.29. The summed E-state index contributed by atoms with van der Waals surface area (Å²) in [6, 6.07) is 10.1. The number of fused-ring (bicyclic) bond motifs is 3. The summed E-state index contributed by atoms with van der Waals surface area (Å²) in [4.78, 5) is 0. The lowest BCUT2D eigenvalue weighted by Gasteiger charge is -2.01. The van der Waals surface area contributed by atoms with Gasteiger partial charge < -0.3 is 9.61 Å². The molecular formula is C12H10N2O. The molecule has 0 N–H and O–H groups in total. The lowest BCUT2D eigenvalue weighted by Crippen LogP contribution is -2.29. The molecule has 0 aliphatic carbocycles. The van der Waals surface area contributed by atoms with Crippen molar-refractivity contribution >= 4 is 16.4 Å². The molecule has 0 bridgehead atoms. The molecule has 3 rings (SSSR count). The van der Waals surface area contributed by atoms with Crippen molar-refractivity contribution in [3.63, 3.8) is 0 Å². The number of para-hydroxylation sites is 1. The van der Waals surface area contributed by atoms with Crippen molar-refractivity contribution in [2.24, 2.45) is 0 Å². The van der Waals surface area contributed by atoms with Gasteiger partial charge in [0.2, 0.25) is 11.9 Å². The van der Waals surface area contributed by atoms with Crippen LogP contribution in [0.25, 0.3) is 16.4 Å². The Bertz CT molecular complexity index is 655. The van der Waals surface area contributed by atoms with E-state index in [1.807, 2.05) is 34.9 Å². The number of aryl methyl sites for hydroxylation is 1. The van der Waals surface area contributed by atoms with E-state index in [1.54, 1.807) is 13.1 Å². The standard InChI is InChI=1S/C12H10N2O/c1-9-7-13-11(8-14(9)15)6-10-4-2-3-5-12(10)13/h2-8H,1H3. The Kier molecular flexibility index (Phi) is 1.51. The van der Waals surface area contributed by atoms with Gasteiger partial charge in [0.15, 0.2) is 0 Å². The van der Waals surface area contributed by atoms with E-state index >= 15 is 0 Å². The molecule has 74 valence electrons. The number of hydrogen-bond donors (Lipinski definition) is 0. The quantitative estimate of drug-likeness (QED) is 0.401. The molecule has 0 saturated heterocycles. The fraction of sp³-hybridized carbons (Fsp3) is 0.0833. The van der Waals surface area contributed by atoms with Crippen LogP contribution in [0, 0.1) is 12.1 Å². The second-order valence-electron chi connectivity index (χ2n) is 3.72. The number of nitrogens with zero attached hydrogens (tertiary/aromatic N) is 2. The molecule has 0 fully saturated rings. The van der Waals surface area contributed by atoms with Crippen molar-refractivity contribution < 1.29 is 4.73 Å². The van der Waals surface area contributed by atoms with Gasteiger partial charge in [-0.05, 0) is 12.1 Å². The van der Waals surface area contributed by atoms with Gasteiger partial charge in [0.05, 0.1) is 11.7 Å². The molecule has 0 unspecified atom stereocenters. The van der Waals surface area contributed by atoms with Crippen LogP contribution in [0.15, 0.2) is 42.7 Å². The minimum Gasteiger partial charge on any atom is -0.618 e. The van der Waals surface area contributed by atoms with Crippen LogP contribution >= 0.6 is 0 Å². The van der Waals surface area contributed by atoms with E-state index in [9.17, 15) is 5.21 Å². The number of benzene rings is 1. The average Bonchev–Trinajstić information content (AvgIpc) is 2.57. The number of aromatic nitrogens is 2. The van der Waals surface area contributed by atoms with Gasteiger partial charge in [-0.3, -0.25) is 0 Å². The first-order chi connectivity index (χ1) is 7.25. The summed E-state index contributed by atoms with van der Waals surface area (Å²) >= 11 is 0. The van der Waals surface area contributed by atoms with Crippen LogP contribution in [0.3, 0.4) is 0 Å². The fourth-order valence-electron chi connectivity index (χ4n) is 1.91. The molecule has 2 aromatic heterocycles. The van der Waals surface area contributed by atoms with Gasteiger partial charge in [-0.25, -0.2) is 0 Å². The molecule has 0 aliphatic heterocycles. The lowest BCUT2D eigenvalue weighted by molar-refractivity contribution is -0.611. The van der Waals surface area contributed by atoms with Gasteiger partial charge in [0.1, 0.15) is 5.52 Å². The lowest BCUT2D eigenvalue weighted by atomic mass is 10.2. The molecule has 0 spiro atoms. The third kappa shape index (κ3) is 1.09. The molecule has 3 nitrogen and oxygen atoms in total. The van der Waals surface area contributed by atoms with Crippen LogP contribution in [0.5, 0.6) is 0 Å². The molecule has 0 atom stereocenters. The zero-order valence-electron chi connectivity index (χ0n) is 8.34. The second-order valence-corrected chi connectivity index (χ2v) is 3.72. The summed E-state index contributed by atoms with van der Waals surface area (Å²) < 4.78 is 2.94. The third-order valence-corrected chi connectivity index (χ3v) is 2.69. The Morgan fingerprint density at radius 2 is 2.07 bits per heavy atom. The van der Waals surface area contributed by atoms with E-state index in [0.717, 1.165) is 21.2 Å². The smallest absolute Gasteiger partial charge is 0.206 e. The van der Waals surface area contributed by atoms with Crippen molar-refractivity contribution in [2.45, 2.75) is 6.92 Å². The summed E-state index contributed by atoms with van der Waals surface area (Å²) in [5.41, 5.74) is 2.76. The first-order valence-corrected chi connectivity index (χ1v) is 4.85. The normalized spacial score (nSPS) is 11.3. The second kappa shape index (κ2) is 2.73. The van der Waals surface area contributed by atoms with Gasteiger partial charge in [-0.2, -0.15) is 4.73 Å². The maximum atomic E-state index is 11.4. The van der Waals surface area contributed by atoms with Crippen molar-refractivity contribution in [1.29, 1.82) is 0 Å². The molecule has 1 aromatic carbocycles. The average molecular weight is 198 g/mol. The highest BCUT2D eigenvalue weighted by molar-refractivity contribution is 5.86. The molecule has 3 heteroatoms. The van der Waals surface area contributed by atoms with Crippen molar-refractivity contribution in [1.82, 2.24) is 4.40 Å². The molecule has 0 aliphatic rings. The van der Waals surface area contributed by atoms with Crippen LogP contribution in [-0.2, 0) is 0 Å². The Morgan fingerprint density at radius 1 is 1.27 bits per heavy atom. The Labute approximate surface area is 86.8 Å². The van der Waals surface area contributed by atoms with E-state index in [1.165, 1.54) is 0 Å². The Hall–Kier alpha value is -2.03. The zero-order chi connectivity index (χ0) is 10.4. The molecule has 0 saturated carbocycles. The van der Waals surface area contributed by atoms with Gasteiger partial charge in [0.25, 0.3) is 0 Å². The molecular weight excluding hydrogens is 188 g/mol. The predicted molar refractivity (Wildman–Crippen MR) is 58.6 cm³/mol. The van der Waals surface area contributed by atoms with Crippen molar-refractivity contribution in [2.75, 3.05) is 0 Å². The minimum absolute atomic E-state index is 0.698. The molecule has 3 aromatic rings. The molecule has 15 heavy (non-hydrogen) atoms. The van der Waals surface area contributed by atoms with E-state index in [0.29, 0.717) is 5.69 Å². The zero-order valence-corrected chi connectivity index (χ0v) is 8.34. The monoisotopic (exact) mass is 198 g/mol. The largest absolute Gasteiger partial charge is 0.618 e. The van der Waals surface area contributed by atoms with E-state index < -0.39 is 0 Å². The van der Waals surface area contributed by atoms with Crippen LogP contribution in [0.1, 0.15) is 5.69 Å². The van der Waals surface area contributed by atoms with Crippen LogP contribution in [0.2, 0.25) is 0 Å². The number of hydrogen-bond acceptors (Lipinski definition) is 1. The highest BCUT2D eigenvalue weighted by atomic mass is 16.5. The molecule has 2 heterocycles. The van der Waals surface area contributed by atoms with Gasteiger partial charge in [-0.15, -0.1) is 0 Å². The highest BCUT2D eigenvalue weighted by Crippen LogP contribution is 2.18. The van der Waals surface area contributed by atoms with Crippen molar-refractivity contribution in [3.05, 3.63) is 53.6 Å². The van der Waals surface area contributed by atoms with Crippen LogP contribution < -0.4 is 4.73 Å². The Balaban J connectivity index is 2.56. The molecule has 0 amide bonds. The highest BCUT2D eigenvalue weighted by Gasteiger charge is 2.06. The SMILES string of the molecule is Cc1cn2c(cc3ccccc32)c[n+]1[O-]. The first-order valence-electron chi connectivity index (χ1n) is 4.85. The van der Waals surface area contributed by atoms with E-state index in [-0.39, 0.29) is 0 Å². The maximum absolute atomic E-state index is 11.4. The Morgan fingerprint density at radius 3 is 2.93 bits per heavy atom. The van der Waals surface area contributed by atoms with Gasteiger partial charge in [-0.1, -0.05) is 18.2 Å². The third-order valence-electron chi connectivity index (χ3n) is 2.69. The number of rotatable bonds is 0. The topological polar surface area (TPSA) is 31.3 Å². The van der Waals surface area contributed by atoms with Gasteiger partial charge in [0, 0.05) is 12.3 Å². The summed E-state index contributed by atoms with van der Waals surface area (Å²) in [5, 5.41) is 12.6. The van der Waals surface area contributed by atoms with Gasteiger partial charge >= 0.3 is 0 Å². The summed E-state index contributed by atoms with van der Waals surface area (Å²) in [5.74, 6) is 0. The van der Waals surface area contributed by atoms with E-state index in [4.69, 9.17) is 0 Å². The van der Waals surface area contributed by atoms with Crippen molar-refractivity contribution in [3.8, 4) is 0 Å². The van der Waals surface area contributed by atoms with Crippen LogP contribution in [0.4, 0.5) is 0 Å². The predicted octanol–water partition coefficient (Wildman–Crippen LogP) is 2.03. The summed E-state index contributed by atoms with van der Waals surface area (Å²) in [7, 11) is 0. The minimum atomic E-state index is 0.698. The summed E-state index contributed by atoms with van der Waals surface area (Å²) in [6.07, 6.45) is 3.47. The summed E-state index contributed by atoms with van der Waals surface area (Å²) in [6.45, 7) is 1.81. The van der Waals surface area contributed by atoms with Crippen LogP contribution in [-0.4, -0.2) is 4.40 Å². The fourth-order valence-corrected chi connectivity index (χ4v) is 1.91. The maximum Gasteiger partial charge on any atom is 0.206 e. The van der Waals surface area contributed by atoms with E-state index in [2.05, 4.69) is 6.07 Å². The molecule has 0 radical (unpaired) electrons.